The van der Waals surface area contributed by atoms with Crippen molar-refractivity contribution in [3.63, 3.8) is 0 Å². The van der Waals surface area contributed by atoms with Crippen LogP contribution in [0.3, 0.4) is 0 Å². The summed E-state index contributed by atoms with van der Waals surface area (Å²) in [6.45, 7) is 8.83. The Bertz CT molecular complexity index is 210. The molecule has 0 aliphatic heterocycles. The highest BCUT2D eigenvalue weighted by molar-refractivity contribution is 4.68. The van der Waals surface area contributed by atoms with Gasteiger partial charge in [0.1, 0.15) is 0 Å². The summed E-state index contributed by atoms with van der Waals surface area (Å²) in [7, 11) is 0. The van der Waals surface area contributed by atoms with Crippen LogP contribution in [-0.2, 0) is 18.9 Å². The zero-order valence-corrected chi connectivity index (χ0v) is 13.0. The highest BCUT2D eigenvalue weighted by atomic mass is 16.6. The van der Waals surface area contributed by atoms with Crippen molar-refractivity contribution >= 4 is 0 Å². The predicted octanol–water partition coefficient (Wildman–Crippen LogP) is 0.595. The number of aliphatic hydroxyl groups excluding tert-OH is 2. The molecule has 6 heteroatoms. The Kier molecular flexibility index (Phi) is 12.3. The molecule has 0 aliphatic carbocycles. The van der Waals surface area contributed by atoms with Crippen LogP contribution in [0.1, 0.15) is 27.2 Å². The van der Waals surface area contributed by atoms with Gasteiger partial charge in [0, 0.05) is 6.61 Å². The molecule has 0 aliphatic rings. The Morgan fingerprint density at radius 1 is 0.900 bits per heavy atom. The molecule has 0 spiro atoms. The average Bonchev–Trinajstić information content (AvgIpc) is 2.39. The molecule has 20 heavy (non-hydrogen) atoms. The number of hydrogen-bond acceptors (Lipinski definition) is 6. The molecular weight excluding hydrogens is 264 g/mol. The third kappa shape index (κ3) is 12.8. The molecule has 2 N–H and O–H groups in total. The molecule has 0 aromatic heterocycles. The van der Waals surface area contributed by atoms with Gasteiger partial charge in [0.05, 0.1) is 58.0 Å². The Hall–Kier alpha value is -0.240. The largest absolute Gasteiger partial charge is 0.396 e. The van der Waals surface area contributed by atoms with Gasteiger partial charge in [-0.2, -0.15) is 0 Å². The van der Waals surface area contributed by atoms with Crippen molar-refractivity contribution in [3.05, 3.63) is 0 Å². The second kappa shape index (κ2) is 12.5. The van der Waals surface area contributed by atoms with Crippen molar-refractivity contribution in [1.82, 2.24) is 0 Å². The molecule has 6 nitrogen and oxygen atoms in total. The summed E-state index contributed by atoms with van der Waals surface area (Å²) in [5.41, 5.74) is -0.326. The van der Waals surface area contributed by atoms with E-state index in [0.717, 1.165) is 0 Å². The van der Waals surface area contributed by atoms with Gasteiger partial charge in [0.15, 0.2) is 0 Å². The van der Waals surface area contributed by atoms with Gasteiger partial charge in [-0.25, -0.2) is 0 Å². The second-order valence-electron chi connectivity index (χ2n) is 5.17. The number of rotatable bonds is 14. The van der Waals surface area contributed by atoms with E-state index in [-0.39, 0.29) is 24.9 Å². The Labute approximate surface area is 122 Å². The SMILES string of the molecule is CC(COC(C)(C)CCO)OCCOCCOCCO. The van der Waals surface area contributed by atoms with Crippen LogP contribution in [0.2, 0.25) is 0 Å². The molecule has 0 rings (SSSR count). The van der Waals surface area contributed by atoms with E-state index in [1.54, 1.807) is 0 Å². The summed E-state index contributed by atoms with van der Waals surface area (Å²) < 4.78 is 21.6. The van der Waals surface area contributed by atoms with Crippen LogP contribution in [0.5, 0.6) is 0 Å². The summed E-state index contributed by atoms with van der Waals surface area (Å²) in [6.07, 6.45) is 0.596. The van der Waals surface area contributed by atoms with Crippen LogP contribution in [0.25, 0.3) is 0 Å². The third-order valence-electron chi connectivity index (χ3n) is 2.66. The lowest BCUT2D eigenvalue weighted by atomic mass is 10.1. The van der Waals surface area contributed by atoms with Gasteiger partial charge < -0.3 is 29.2 Å². The normalized spacial score (nSPS) is 13.7. The van der Waals surface area contributed by atoms with Crippen molar-refractivity contribution < 1.29 is 29.2 Å². The fraction of sp³-hybridized carbons (Fsp3) is 1.00. The van der Waals surface area contributed by atoms with Crippen molar-refractivity contribution in [3.8, 4) is 0 Å². The van der Waals surface area contributed by atoms with E-state index in [9.17, 15) is 0 Å². The molecule has 0 aromatic rings. The highest BCUT2D eigenvalue weighted by Crippen LogP contribution is 2.14. The molecule has 1 atom stereocenters. The average molecular weight is 294 g/mol. The Balaban J connectivity index is 3.38. The zero-order valence-electron chi connectivity index (χ0n) is 13.0. The van der Waals surface area contributed by atoms with E-state index in [0.29, 0.717) is 46.1 Å². The van der Waals surface area contributed by atoms with Gasteiger partial charge in [0.25, 0.3) is 0 Å². The van der Waals surface area contributed by atoms with Crippen molar-refractivity contribution in [2.24, 2.45) is 0 Å². The molecule has 0 amide bonds. The van der Waals surface area contributed by atoms with Crippen LogP contribution in [-0.4, -0.2) is 74.8 Å². The predicted molar refractivity (Wildman–Crippen MR) is 75.9 cm³/mol. The van der Waals surface area contributed by atoms with Gasteiger partial charge in [-0.3, -0.25) is 0 Å². The van der Waals surface area contributed by atoms with Gasteiger partial charge in [-0.05, 0) is 27.2 Å². The first kappa shape index (κ1) is 19.8. The summed E-state index contributed by atoms with van der Waals surface area (Å²) in [6, 6.07) is 0. The van der Waals surface area contributed by atoms with Gasteiger partial charge in [-0.1, -0.05) is 0 Å². The second-order valence-corrected chi connectivity index (χ2v) is 5.17. The minimum Gasteiger partial charge on any atom is -0.396 e. The minimum absolute atomic E-state index is 0.0118. The maximum absolute atomic E-state index is 8.89. The van der Waals surface area contributed by atoms with Crippen molar-refractivity contribution in [2.45, 2.75) is 38.9 Å². The highest BCUT2D eigenvalue weighted by Gasteiger charge is 2.18. The van der Waals surface area contributed by atoms with Crippen LogP contribution in [0, 0.1) is 0 Å². The summed E-state index contributed by atoms with van der Waals surface area (Å²) in [5.74, 6) is 0. The molecule has 0 saturated carbocycles. The van der Waals surface area contributed by atoms with Crippen LogP contribution < -0.4 is 0 Å². The molecule has 1 unspecified atom stereocenters. The molecule has 0 bridgehead atoms. The van der Waals surface area contributed by atoms with Crippen LogP contribution in [0.4, 0.5) is 0 Å². The molecule has 0 radical (unpaired) electrons. The first-order chi connectivity index (χ1) is 9.52. The van der Waals surface area contributed by atoms with E-state index in [1.807, 2.05) is 20.8 Å². The van der Waals surface area contributed by atoms with Gasteiger partial charge >= 0.3 is 0 Å². The van der Waals surface area contributed by atoms with Crippen molar-refractivity contribution in [2.75, 3.05) is 52.9 Å². The maximum atomic E-state index is 8.89. The lowest BCUT2D eigenvalue weighted by Crippen LogP contribution is -2.30. The van der Waals surface area contributed by atoms with E-state index in [2.05, 4.69) is 0 Å². The lowest BCUT2D eigenvalue weighted by molar-refractivity contribution is -0.0900. The molecular formula is C14H30O6. The standard InChI is InChI=1S/C14H30O6/c1-13(12-20-14(2,3)4-5-15)19-11-10-18-9-8-17-7-6-16/h13,15-16H,4-12H2,1-3H3. The van der Waals surface area contributed by atoms with E-state index in [4.69, 9.17) is 29.2 Å². The monoisotopic (exact) mass is 294 g/mol. The smallest absolute Gasteiger partial charge is 0.0781 e. The molecule has 0 heterocycles. The van der Waals surface area contributed by atoms with Crippen LogP contribution in [0.15, 0.2) is 0 Å². The quantitative estimate of drug-likeness (QED) is 0.457. The first-order valence-electron chi connectivity index (χ1n) is 7.14. The summed E-state index contributed by atoms with van der Waals surface area (Å²) >= 11 is 0. The van der Waals surface area contributed by atoms with E-state index < -0.39 is 0 Å². The number of hydrogen-bond donors (Lipinski definition) is 2. The number of ether oxygens (including phenoxy) is 4. The minimum atomic E-state index is -0.326. The Morgan fingerprint density at radius 3 is 2.10 bits per heavy atom. The Morgan fingerprint density at radius 2 is 1.50 bits per heavy atom. The topological polar surface area (TPSA) is 77.4 Å². The number of aliphatic hydroxyl groups is 2. The summed E-state index contributed by atoms with van der Waals surface area (Å²) in [4.78, 5) is 0. The van der Waals surface area contributed by atoms with Crippen LogP contribution >= 0.6 is 0 Å². The first-order valence-corrected chi connectivity index (χ1v) is 7.14. The third-order valence-corrected chi connectivity index (χ3v) is 2.66. The zero-order chi connectivity index (χ0) is 15.3. The maximum Gasteiger partial charge on any atom is 0.0781 e. The fourth-order valence-corrected chi connectivity index (χ4v) is 1.43. The van der Waals surface area contributed by atoms with E-state index >= 15 is 0 Å². The molecule has 0 fully saturated rings. The fourth-order valence-electron chi connectivity index (χ4n) is 1.43. The molecule has 0 saturated heterocycles. The van der Waals surface area contributed by atoms with Gasteiger partial charge in [-0.15, -0.1) is 0 Å². The van der Waals surface area contributed by atoms with E-state index in [1.165, 1.54) is 0 Å². The summed E-state index contributed by atoms with van der Waals surface area (Å²) in [5, 5.41) is 17.4. The van der Waals surface area contributed by atoms with Gasteiger partial charge in [0.2, 0.25) is 0 Å². The molecule has 122 valence electrons. The molecule has 0 aromatic carbocycles. The lowest BCUT2D eigenvalue weighted by Gasteiger charge is -2.26. The van der Waals surface area contributed by atoms with Crippen molar-refractivity contribution in [1.29, 1.82) is 0 Å².